The van der Waals surface area contributed by atoms with Gasteiger partial charge in [-0.3, -0.25) is 4.79 Å². The van der Waals surface area contributed by atoms with Crippen LogP contribution in [0.1, 0.15) is 58.6 Å². The lowest BCUT2D eigenvalue weighted by Gasteiger charge is -2.28. The fourth-order valence-electron chi connectivity index (χ4n) is 3.99. The Kier molecular flexibility index (Phi) is 18.2. The smallest absolute Gasteiger partial charge is 0.465 e. The Bertz CT molecular complexity index is 1280. The summed E-state index contributed by atoms with van der Waals surface area (Å²) >= 11 is 0. The van der Waals surface area contributed by atoms with Crippen molar-refractivity contribution >= 4 is 32.0 Å². The molecule has 0 aliphatic heterocycles. The summed E-state index contributed by atoms with van der Waals surface area (Å²) in [6, 6.07) is 19.4. The van der Waals surface area contributed by atoms with Crippen molar-refractivity contribution < 1.29 is 51.7 Å². The number of benzene rings is 2. The first kappa shape index (κ1) is 41.0. The van der Waals surface area contributed by atoms with Crippen LogP contribution in [0.4, 0.5) is 9.59 Å². The zero-order valence-corrected chi connectivity index (χ0v) is 30.0. The molecule has 2 aromatic carbocycles. The summed E-state index contributed by atoms with van der Waals surface area (Å²) in [5, 5.41) is 0. The van der Waals surface area contributed by atoms with E-state index >= 15 is 0 Å². The number of rotatable bonds is 20. The van der Waals surface area contributed by atoms with Gasteiger partial charge in [0.1, 0.15) is 6.54 Å². The van der Waals surface area contributed by atoms with Gasteiger partial charge in [-0.25, -0.2) is 23.2 Å². The minimum atomic E-state index is -4.76. The lowest BCUT2D eigenvalue weighted by Crippen LogP contribution is -2.38. The fraction of sp³-hybridized carbons (Fsp3) is 0.529. The van der Waals surface area contributed by atoms with Gasteiger partial charge in [0.25, 0.3) is 0 Å². The summed E-state index contributed by atoms with van der Waals surface area (Å²) in [6.07, 6.45) is -2.67. The van der Waals surface area contributed by atoms with E-state index in [0.717, 1.165) is 16.0 Å². The lowest BCUT2D eigenvalue weighted by molar-refractivity contribution is -0.143. The number of hydrogen-bond acceptors (Lipinski definition) is 11. The summed E-state index contributed by atoms with van der Waals surface area (Å²) in [7, 11) is -3.35. The third kappa shape index (κ3) is 16.7. The third-order valence-corrected chi connectivity index (χ3v) is 8.02. The number of hydrogen-bond donors (Lipinski definition) is 1. The van der Waals surface area contributed by atoms with Gasteiger partial charge in [0.2, 0.25) is 18.5 Å². The molecule has 2 unspecified atom stereocenters. The predicted molar refractivity (Wildman–Crippen MR) is 182 cm³/mol. The zero-order chi connectivity index (χ0) is 36.2. The molecular weight excluding hydrogens is 657 g/mol. The van der Waals surface area contributed by atoms with Gasteiger partial charge < -0.3 is 34.3 Å². The molecule has 14 nitrogen and oxygen atoms in total. The Morgan fingerprint density at radius 3 is 1.57 bits per heavy atom. The van der Waals surface area contributed by atoms with E-state index in [9.17, 15) is 18.9 Å². The van der Waals surface area contributed by atoms with Crippen molar-refractivity contribution in [3.8, 4) is 0 Å². The number of carbonyl (C=O) groups excluding carboxylic acids is 3. The highest BCUT2D eigenvalue weighted by atomic mass is 31.2. The second-order valence-electron chi connectivity index (χ2n) is 11.6. The molecule has 0 amide bonds. The molecule has 49 heavy (non-hydrogen) atoms. The van der Waals surface area contributed by atoms with Crippen LogP contribution in [0.5, 0.6) is 0 Å². The van der Waals surface area contributed by atoms with Crippen LogP contribution in [0.2, 0.25) is 0 Å². The molecule has 0 aliphatic carbocycles. The Morgan fingerprint density at radius 2 is 1.18 bits per heavy atom. The van der Waals surface area contributed by atoms with Crippen molar-refractivity contribution in [2.75, 3.05) is 33.4 Å². The van der Waals surface area contributed by atoms with Gasteiger partial charge in [-0.05, 0) is 43.7 Å². The molecule has 0 radical (unpaired) electrons. The number of carbonyl (C=O) groups is 3. The molecule has 272 valence electrons. The van der Waals surface area contributed by atoms with E-state index in [0.29, 0.717) is 25.7 Å². The van der Waals surface area contributed by atoms with E-state index in [1.165, 1.54) is 7.05 Å². The predicted octanol–water partition coefficient (Wildman–Crippen LogP) is 6.47. The Hall–Kier alpha value is -4.13. The number of ether oxygens (including phenoxy) is 5. The van der Waals surface area contributed by atoms with Crippen molar-refractivity contribution in [2.24, 2.45) is 22.3 Å². The van der Waals surface area contributed by atoms with Gasteiger partial charge in [0.05, 0.1) is 19.8 Å². The molecular formula is C34H50N3O11P. The number of esters is 1. The third-order valence-electron chi connectivity index (χ3n) is 6.62. The highest BCUT2D eigenvalue weighted by Crippen LogP contribution is 2.54. The average Bonchev–Trinajstić information content (AvgIpc) is 3.05. The van der Waals surface area contributed by atoms with Crippen LogP contribution < -0.4 is 5.73 Å². The standard InChI is InChI=1S/C34H50N3O11P/c1-7-42-29(38)24-37(6)32(35)36-49(41,47-30(25(2)3)45-33(39)43-22-14-20-27-16-10-8-11-17-27)48-31(26(4)5)46-34(40)44-23-15-21-28-18-12-9-13-19-28/h8-13,16-19,25-26,30-31H,7,14-15,20-24H2,1-6H3,(H2,35,36,41). The molecule has 2 rings (SSSR count). The average molecular weight is 708 g/mol. The molecule has 15 heteroatoms. The molecule has 0 heterocycles. The maximum absolute atomic E-state index is 14.2. The van der Waals surface area contributed by atoms with Crippen molar-refractivity contribution in [2.45, 2.75) is 72.9 Å². The van der Waals surface area contributed by atoms with Crippen LogP contribution in [0, 0.1) is 11.8 Å². The van der Waals surface area contributed by atoms with Crippen LogP contribution in [0.25, 0.3) is 0 Å². The van der Waals surface area contributed by atoms with Crippen LogP contribution in [-0.4, -0.2) is 75.1 Å². The van der Waals surface area contributed by atoms with Crippen LogP contribution in [0.15, 0.2) is 65.4 Å². The van der Waals surface area contributed by atoms with Crippen molar-refractivity contribution in [1.29, 1.82) is 0 Å². The quantitative estimate of drug-likeness (QED) is 0.0302. The number of guanidine groups is 1. The molecule has 0 bridgehead atoms. The summed E-state index contributed by atoms with van der Waals surface area (Å²) in [5.41, 5.74) is 8.25. The minimum Gasteiger partial charge on any atom is -0.465 e. The number of aryl methyl sites for hydroxylation is 2. The lowest BCUT2D eigenvalue weighted by atomic mass is 10.1. The van der Waals surface area contributed by atoms with Gasteiger partial charge >= 0.3 is 26.0 Å². The van der Waals surface area contributed by atoms with E-state index < -0.39 is 56.4 Å². The van der Waals surface area contributed by atoms with Crippen LogP contribution in [-0.2, 0) is 54.9 Å². The van der Waals surface area contributed by atoms with Gasteiger partial charge in [0, 0.05) is 18.9 Å². The topological polar surface area (TPSA) is 175 Å². The first-order chi connectivity index (χ1) is 23.3. The van der Waals surface area contributed by atoms with E-state index in [4.69, 9.17) is 38.5 Å². The molecule has 0 aromatic heterocycles. The van der Waals surface area contributed by atoms with Gasteiger partial charge in [-0.1, -0.05) is 88.4 Å². The van der Waals surface area contributed by atoms with Crippen LogP contribution >= 0.6 is 7.75 Å². The van der Waals surface area contributed by atoms with E-state index in [1.54, 1.807) is 34.6 Å². The monoisotopic (exact) mass is 707 g/mol. The largest absolute Gasteiger partial charge is 0.510 e. The molecule has 2 aromatic rings. The number of likely N-dealkylation sites (N-methyl/N-ethyl adjacent to an activating group) is 1. The molecule has 0 fully saturated rings. The fourth-order valence-corrected chi connectivity index (χ4v) is 5.63. The Balaban J connectivity index is 2.15. The summed E-state index contributed by atoms with van der Waals surface area (Å²) in [4.78, 5) is 38.4. The van der Waals surface area contributed by atoms with Crippen LogP contribution in [0.3, 0.4) is 0 Å². The summed E-state index contributed by atoms with van der Waals surface area (Å²) in [5.74, 6) is -2.18. The molecule has 2 N–H and O–H groups in total. The normalized spacial score (nSPS) is 14.0. The van der Waals surface area contributed by atoms with Crippen molar-refractivity contribution in [3.05, 3.63) is 71.8 Å². The van der Waals surface area contributed by atoms with E-state index in [1.807, 2.05) is 60.7 Å². The highest BCUT2D eigenvalue weighted by molar-refractivity contribution is 7.52. The minimum absolute atomic E-state index is 0.0627. The molecule has 2 atom stereocenters. The second-order valence-corrected chi connectivity index (χ2v) is 13.2. The first-order valence-electron chi connectivity index (χ1n) is 16.3. The second kappa shape index (κ2) is 21.8. The highest BCUT2D eigenvalue weighted by Gasteiger charge is 2.39. The Morgan fingerprint density at radius 1 is 0.755 bits per heavy atom. The first-order valence-corrected chi connectivity index (χ1v) is 17.7. The summed E-state index contributed by atoms with van der Waals surface area (Å²) < 4.78 is 55.7. The van der Waals surface area contributed by atoms with Gasteiger partial charge in [-0.15, -0.1) is 4.76 Å². The van der Waals surface area contributed by atoms with E-state index in [2.05, 4.69) is 4.76 Å². The number of nitrogens with two attached hydrogens (primary N) is 1. The Labute approximate surface area is 288 Å². The summed E-state index contributed by atoms with van der Waals surface area (Å²) in [6.45, 7) is 8.14. The van der Waals surface area contributed by atoms with E-state index in [-0.39, 0.29) is 26.4 Å². The molecule has 0 spiro atoms. The number of nitrogens with zero attached hydrogens (tertiary/aromatic N) is 2. The molecule has 0 saturated heterocycles. The van der Waals surface area contributed by atoms with Gasteiger partial charge in [-0.2, -0.15) is 0 Å². The van der Waals surface area contributed by atoms with Gasteiger partial charge in [0.15, 0.2) is 0 Å². The molecule has 0 saturated carbocycles. The van der Waals surface area contributed by atoms with Crippen molar-refractivity contribution in [1.82, 2.24) is 4.90 Å². The molecule has 0 aliphatic rings. The SMILES string of the molecule is CCOC(=O)CN(C)C(N)=NP(=O)(OC(OC(=O)OCCCc1ccccc1)C(C)C)OC(OC(=O)OCCCc1ccccc1)C(C)C. The maximum Gasteiger partial charge on any atom is 0.510 e. The zero-order valence-electron chi connectivity index (χ0n) is 29.1. The van der Waals surface area contributed by atoms with Crippen molar-refractivity contribution in [3.63, 3.8) is 0 Å². The maximum atomic E-state index is 14.2.